The van der Waals surface area contributed by atoms with Gasteiger partial charge < -0.3 is 5.32 Å². The molecule has 0 unspecified atom stereocenters. The standard InChI is InChI=1S/C18H19N7OS/c1-3-25-12(2)13(8-20-25)10-24-11-14(9-19-24)21-18(26)16-7-15(22-23-16)17-5-4-6-27-17/h4-9,11H,3,10H2,1-2H3,(H,21,26)(H,22,23). The van der Waals surface area contributed by atoms with Gasteiger partial charge in [-0.1, -0.05) is 6.07 Å². The molecule has 27 heavy (non-hydrogen) atoms. The summed E-state index contributed by atoms with van der Waals surface area (Å²) in [5, 5.41) is 20.5. The van der Waals surface area contributed by atoms with E-state index in [1.54, 1.807) is 34.5 Å². The number of nitrogens with one attached hydrogen (secondary N) is 2. The average molecular weight is 381 g/mol. The van der Waals surface area contributed by atoms with E-state index in [1.165, 1.54) is 0 Å². The largest absolute Gasteiger partial charge is 0.318 e. The van der Waals surface area contributed by atoms with Gasteiger partial charge in [0.2, 0.25) is 0 Å². The van der Waals surface area contributed by atoms with Crippen molar-refractivity contribution in [3.8, 4) is 10.6 Å². The van der Waals surface area contributed by atoms with E-state index in [0.717, 1.165) is 28.4 Å². The summed E-state index contributed by atoms with van der Waals surface area (Å²) in [6.07, 6.45) is 5.28. The summed E-state index contributed by atoms with van der Waals surface area (Å²) in [6, 6.07) is 5.68. The second-order valence-corrected chi connectivity index (χ2v) is 7.04. The second kappa shape index (κ2) is 7.20. The molecule has 2 N–H and O–H groups in total. The molecule has 0 aliphatic heterocycles. The molecule has 8 nitrogen and oxygen atoms in total. The van der Waals surface area contributed by atoms with Gasteiger partial charge >= 0.3 is 0 Å². The Labute approximate surface area is 159 Å². The molecule has 0 aliphatic rings. The summed E-state index contributed by atoms with van der Waals surface area (Å²) >= 11 is 1.59. The molecule has 4 aromatic rings. The highest BCUT2D eigenvalue weighted by Crippen LogP contribution is 2.23. The van der Waals surface area contributed by atoms with E-state index < -0.39 is 0 Å². The number of carbonyl (C=O) groups is 1. The fourth-order valence-corrected chi connectivity index (χ4v) is 3.53. The third-order valence-corrected chi connectivity index (χ3v) is 5.23. The van der Waals surface area contributed by atoms with Crippen LogP contribution in [-0.4, -0.2) is 35.7 Å². The number of H-pyrrole nitrogens is 1. The first-order valence-electron chi connectivity index (χ1n) is 8.58. The first-order chi connectivity index (χ1) is 13.1. The zero-order chi connectivity index (χ0) is 18.8. The van der Waals surface area contributed by atoms with Gasteiger partial charge in [0.15, 0.2) is 5.69 Å². The van der Waals surface area contributed by atoms with Gasteiger partial charge in [0.05, 0.1) is 35.2 Å². The number of hydrogen-bond acceptors (Lipinski definition) is 5. The van der Waals surface area contributed by atoms with Crippen LogP contribution >= 0.6 is 11.3 Å². The predicted molar refractivity (Wildman–Crippen MR) is 104 cm³/mol. The van der Waals surface area contributed by atoms with Gasteiger partial charge in [-0.05, 0) is 31.4 Å². The quantitative estimate of drug-likeness (QED) is 0.536. The number of anilines is 1. The van der Waals surface area contributed by atoms with Crippen LogP contribution < -0.4 is 5.32 Å². The summed E-state index contributed by atoms with van der Waals surface area (Å²) in [4.78, 5) is 13.5. The van der Waals surface area contributed by atoms with E-state index in [0.29, 0.717) is 17.9 Å². The molecule has 0 spiro atoms. The molecular weight excluding hydrogens is 362 g/mol. The SMILES string of the molecule is CCn1ncc(Cn2cc(NC(=O)c3cc(-c4cccs4)[nH]n3)cn2)c1C. The average Bonchev–Trinajstić information content (AvgIpc) is 3.43. The highest BCUT2D eigenvalue weighted by molar-refractivity contribution is 7.13. The Morgan fingerprint density at radius 3 is 2.96 bits per heavy atom. The predicted octanol–water partition coefficient (Wildman–Crippen LogP) is 3.16. The van der Waals surface area contributed by atoms with Gasteiger partial charge in [0.25, 0.3) is 5.91 Å². The molecule has 138 valence electrons. The van der Waals surface area contributed by atoms with Crippen LogP contribution in [0.2, 0.25) is 0 Å². The van der Waals surface area contributed by atoms with E-state index >= 15 is 0 Å². The topological polar surface area (TPSA) is 93.4 Å². The Balaban J connectivity index is 1.43. The summed E-state index contributed by atoms with van der Waals surface area (Å²) in [5.41, 5.74) is 4.02. The number of aryl methyl sites for hydroxylation is 1. The van der Waals surface area contributed by atoms with Gasteiger partial charge in [-0.2, -0.15) is 15.3 Å². The third-order valence-electron chi connectivity index (χ3n) is 4.32. The lowest BCUT2D eigenvalue weighted by atomic mass is 10.2. The number of aromatic amines is 1. The zero-order valence-electron chi connectivity index (χ0n) is 15.0. The van der Waals surface area contributed by atoms with Crippen molar-refractivity contribution in [2.75, 3.05) is 5.32 Å². The van der Waals surface area contributed by atoms with Crippen LogP contribution in [0.15, 0.2) is 42.2 Å². The monoisotopic (exact) mass is 381 g/mol. The van der Waals surface area contributed by atoms with Crippen LogP contribution in [0.4, 0.5) is 5.69 Å². The van der Waals surface area contributed by atoms with Crippen molar-refractivity contribution in [2.45, 2.75) is 26.9 Å². The van der Waals surface area contributed by atoms with Crippen molar-refractivity contribution in [3.63, 3.8) is 0 Å². The lowest BCUT2D eigenvalue weighted by Gasteiger charge is -2.03. The molecule has 1 amide bonds. The molecule has 4 rings (SSSR count). The van der Waals surface area contributed by atoms with Gasteiger partial charge in [0, 0.05) is 24.0 Å². The fourth-order valence-electron chi connectivity index (χ4n) is 2.84. The Morgan fingerprint density at radius 1 is 1.33 bits per heavy atom. The molecule has 0 aliphatic carbocycles. The van der Waals surface area contributed by atoms with Crippen LogP contribution in [0.1, 0.15) is 28.7 Å². The Kier molecular flexibility index (Phi) is 4.59. The molecule has 0 saturated carbocycles. The summed E-state index contributed by atoms with van der Waals surface area (Å²) in [5.74, 6) is -0.274. The maximum absolute atomic E-state index is 12.4. The van der Waals surface area contributed by atoms with Crippen molar-refractivity contribution < 1.29 is 4.79 Å². The molecule has 0 saturated heterocycles. The number of nitrogens with zero attached hydrogens (tertiary/aromatic N) is 5. The maximum Gasteiger partial charge on any atom is 0.276 e. The smallest absolute Gasteiger partial charge is 0.276 e. The number of thiophene rings is 1. The normalized spacial score (nSPS) is 11.0. The summed E-state index contributed by atoms with van der Waals surface area (Å²) < 4.78 is 3.73. The van der Waals surface area contributed by atoms with Gasteiger partial charge in [-0.3, -0.25) is 19.3 Å². The fraction of sp³-hybridized carbons (Fsp3) is 0.222. The Hall–Kier alpha value is -3.20. The number of rotatable bonds is 6. The third kappa shape index (κ3) is 3.54. The number of aromatic nitrogens is 6. The van der Waals surface area contributed by atoms with E-state index in [1.807, 2.05) is 35.3 Å². The van der Waals surface area contributed by atoms with Crippen molar-refractivity contribution in [1.29, 1.82) is 0 Å². The van der Waals surface area contributed by atoms with E-state index in [9.17, 15) is 4.79 Å². The molecule has 0 fully saturated rings. The van der Waals surface area contributed by atoms with Crippen LogP contribution in [-0.2, 0) is 13.1 Å². The van der Waals surface area contributed by atoms with Crippen molar-refractivity contribution in [2.24, 2.45) is 0 Å². The van der Waals surface area contributed by atoms with Crippen molar-refractivity contribution in [3.05, 3.63) is 59.1 Å². The maximum atomic E-state index is 12.4. The first-order valence-corrected chi connectivity index (χ1v) is 9.46. The van der Waals surface area contributed by atoms with Crippen LogP contribution in [0, 0.1) is 6.92 Å². The second-order valence-electron chi connectivity index (χ2n) is 6.10. The number of amides is 1. The van der Waals surface area contributed by atoms with Crippen LogP contribution in [0.25, 0.3) is 10.6 Å². The Bertz CT molecular complexity index is 1060. The molecule has 0 radical (unpaired) electrons. The van der Waals surface area contributed by atoms with Gasteiger partial charge in [0.1, 0.15) is 0 Å². The van der Waals surface area contributed by atoms with Gasteiger partial charge in [-0.15, -0.1) is 11.3 Å². The minimum Gasteiger partial charge on any atom is -0.318 e. The van der Waals surface area contributed by atoms with E-state index in [4.69, 9.17) is 0 Å². The van der Waals surface area contributed by atoms with Crippen LogP contribution in [0.5, 0.6) is 0 Å². The van der Waals surface area contributed by atoms with E-state index in [2.05, 4.69) is 32.6 Å². The van der Waals surface area contributed by atoms with Crippen LogP contribution in [0.3, 0.4) is 0 Å². The highest BCUT2D eigenvalue weighted by atomic mass is 32.1. The molecular formula is C18H19N7OS. The molecule has 0 bridgehead atoms. The molecule has 0 atom stereocenters. The summed E-state index contributed by atoms with van der Waals surface area (Å²) in [7, 11) is 0. The Morgan fingerprint density at radius 2 is 2.22 bits per heavy atom. The minimum atomic E-state index is -0.274. The minimum absolute atomic E-state index is 0.274. The van der Waals surface area contributed by atoms with Gasteiger partial charge in [-0.25, -0.2) is 0 Å². The first kappa shape index (κ1) is 17.2. The molecule has 4 heterocycles. The lowest BCUT2D eigenvalue weighted by molar-refractivity contribution is 0.102. The van der Waals surface area contributed by atoms with Crippen molar-refractivity contribution in [1.82, 2.24) is 29.8 Å². The van der Waals surface area contributed by atoms with Crippen molar-refractivity contribution >= 4 is 22.9 Å². The summed E-state index contributed by atoms with van der Waals surface area (Å²) in [6.45, 7) is 5.54. The number of hydrogen-bond donors (Lipinski definition) is 2. The number of carbonyl (C=O) groups excluding carboxylic acids is 1. The zero-order valence-corrected chi connectivity index (χ0v) is 15.8. The molecule has 0 aromatic carbocycles. The molecule has 9 heteroatoms. The molecule has 4 aromatic heterocycles. The lowest BCUT2D eigenvalue weighted by Crippen LogP contribution is -2.11. The highest BCUT2D eigenvalue weighted by Gasteiger charge is 2.13. The van der Waals surface area contributed by atoms with E-state index in [-0.39, 0.29) is 5.91 Å².